The summed E-state index contributed by atoms with van der Waals surface area (Å²) in [4.78, 5) is 23.4. The van der Waals surface area contributed by atoms with Gasteiger partial charge in [0.2, 0.25) is 21.8 Å². The zero-order valence-corrected chi connectivity index (χ0v) is 17.6. The Hall–Kier alpha value is -2.78. The SMILES string of the molecule is COc1ccc(N(CCCC(=O)Nc2cccc(C(N)=O)c2)S(C)(=O)=O)cc1Cl. The van der Waals surface area contributed by atoms with E-state index in [2.05, 4.69) is 5.32 Å². The fourth-order valence-electron chi connectivity index (χ4n) is 2.65. The Balaban J connectivity index is 2.01. The largest absolute Gasteiger partial charge is 0.495 e. The Bertz CT molecular complexity index is 1010. The molecule has 2 aromatic carbocycles. The summed E-state index contributed by atoms with van der Waals surface area (Å²) in [6, 6.07) is 10.9. The predicted octanol–water partition coefficient (Wildman–Crippen LogP) is 2.63. The van der Waals surface area contributed by atoms with E-state index in [-0.39, 0.29) is 35.9 Å². The number of amides is 2. The maximum Gasteiger partial charge on any atom is 0.248 e. The van der Waals surface area contributed by atoms with E-state index < -0.39 is 15.9 Å². The molecule has 2 aromatic rings. The van der Waals surface area contributed by atoms with Gasteiger partial charge in [-0.3, -0.25) is 13.9 Å². The van der Waals surface area contributed by atoms with Crippen molar-refractivity contribution >= 4 is 44.8 Å². The number of halogens is 1. The van der Waals surface area contributed by atoms with Crippen LogP contribution in [0.3, 0.4) is 0 Å². The summed E-state index contributed by atoms with van der Waals surface area (Å²) in [6.07, 6.45) is 1.44. The molecule has 0 aromatic heterocycles. The van der Waals surface area contributed by atoms with E-state index in [1.54, 1.807) is 30.3 Å². The highest BCUT2D eigenvalue weighted by molar-refractivity contribution is 7.92. The molecule has 0 spiro atoms. The number of methoxy groups -OCH3 is 1. The van der Waals surface area contributed by atoms with Gasteiger partial charge in [-0.25, -0.2) is 8.42 Å². The summed E-state index contributed by atoms with van der Waals surface area (Å²) in [7, 11) is -2.11. The third kappa shape index (κ3) is 6.37. The fourth-order valence-corrected chi connectivity index (χ4v) is 3.86. The van der Waals surface area contributed by atoms with Crippen LogP contribution in [0, 0.1) is 0 Å². The highest BCUT2D eigenvalue weighted by Crippen LogP contribution is 2.30. The predicted molar refractivity (Wildman–Crippen MR) is 113 cm³/mol. The smallest absolute Gasteiger partial charge is 0.248 e. The Kier molecular flexibility index (Phi) is 7.46. The van der Waals surface area contributed by atoms with Crippen molar-refractivity contribution in [3.8, 4) is 5.75 Å². The van der Waals surface area contributed by atoms with Crippen molar-refractivity contribution in [1.82, 2.24) is 0 Å². The van der Waals surface area contributed by atoms with Gasteiger partial charge in [0.1, 0.15) is 5.75 Å². The van der Waals surface area contributed by atoms with Gasteiger partial charge in [0.05, 0.1) is 24.1 Å². The molecule has 0 fully saturated rings. The van der Waals surface area contributed by atoms with Gasteiger partial charge in [-0.2, -0.15) is 0 Å². The van der Waals surface area contributed by atoms with Gasteiger partial charge in [0.25, 0.3) is 0 Å². The summed E-state index contributed by atoms with van der Waals surface area (Å²) in [5.41, 5.74) is 6.32. The number of sulfonamides is 1. The molecule has 0 aliphatic carbocycles. The van der Waals surface area contributed by atoms with Gasteiger partial charge < -0.3 is 15.8 Å². The third-order valence-electron chi connectivity index (χ3n) is 4.02. The molecule has 29 heavy (non-hydrogen) atoms. The van der Waals surface area contributed by atoms with Gasteiger partial charge in [-0.15, -0.1) is 0 Å². The number of nitrogens with zero attached hydrogens (tertiary/aromatic N) is 1. The molecule has 0 heterocycles. The monoisotopic (exact) mass is 439 g/mol. The standard InChI is InChI=1S/C19H22ClN3O5S/c1-28-17-9-8-15(12-16(17)20)23(29(2,26)27)10-4-7-18(24)22-14-6-3-5-13(11-14)19(21)25/h3,5-6,8-9,11-12H,4,7,10H2,1-2H3,(H2,21,25)(H,22,24). The lowest BCUT2D eigenvalue weighted by atomic mass is 10.2. The number of benzene rings is 2. The van der Waals surface area contributed by atoms with Crippen LogP contribution in [0.2, 0.25) is 5.02 Å². The molecule has 0 unspecified atom stereocenters. The molecule has 0 radical (unpaired) electrons. The van der Waals surface area contributed by atoms with E-state index in [1.165, 1.54) is 23.5 Å². The lowest BCUT2D eigenvalue weighted by molar-refractivity contribution is -0.116. The Labute approximate surface area is 174 Å². The minimum Gasteiger partial charge on any atom is -0.495 e. The molecule has 0 aliphatic heterocycles. The van der Waals surface area contributed by atoms with Gasteiger partial charge in [-0.05, 0) is 42.8 Å². The van der Waals surface area contributed by atoms with Gasteiger partial charge in [0.15, 0.2) is 0 Å². The van der Waals surface area contributed by atoms with Crippen LogP contribution in [0.5, 0.6) is 5.75 Å². The lowest BCUT2D eigenvalue weighted by Crippen LogP contribution is -2.31. The summed E-state index contributed by atoms with van der Waals surface area (Å²) in [6.45, 7) is 0.0935. The first-order chi connectivity index (χ1) is 13.6. The van der Waals surface area contributed by atoms with Crippen molar-refractivity contribution < 1.29 is 22.7 Å². The van der Waals surface area contributed by atoms with E-state index in [0.29, 0.717) is 17.1 Å². The second kappa shape index (κ2) is 9.62. The summed E-state index contributed by atoms with van der Waals surface area (Å²) < 4.78 is 30.6. The van der Waals surface area contributed by atoms with Crippen LogP contribution >= 0.6 is 11.6 Å². The molecule has 0 saturated carbocycles. The number of hydrogen-bond donors (Lipinski definition) is 2. The maximum absolute atomic E-state index is 12.2. The Morgan fingerprint density at radius 1 is 1.21 bits per heavy atom. The first-order valence-electron chi connectivity index (χ1n) is 8.63. The molecule has 2 amide bonds. The van der Waals surface area contributed by atoms with Crippen LogP contribution in [0.1, 0.15) is 23.2 Å². The van der Waals surface area contributed by atoms with Crippen molar-refractivity contribution in [3.63, 3.8) is 0 Å². The molecule has 0 atom stereocenters. The third-order valence-corrected chi connectivity index (χ3v) is 5.51. The maximum atomic E-state index is 12.2. The normalized spacial score (nSPS) is 11.0. The summed E-state index contributed by atoms with van der Waals surface area (Å²) in [5.74, 6) is -0.475. The van der Waals surface area contributed by atoms with E-state index in [0.717, 1.165) is 6.26 Å². The molecule has 0 aliphatic rings. The summed E-state index contributed by atoms with van der Waals surface area (Å²) in [5, 5.41) is 2.94. The molecule has 0 saturated heterocycles. The minimum absolute atomic E-state index is 0.0801. The molecule has 156 valence electrons. The van der Waals surface area contributed by atoms with Crippen LogP contribution in [0.4, 0.5) is 11.4 Å². The number of nitrogens with two attached hydrogens (primary N) is 1. The highest BCUT2D eigenvalue weighted by atomic mass is 35.5. The van der Waals surface area contributed by atoms with E-state index in [4.69, 9.17) is 22.1 Å². The van der Waals surface area contributed by atoms with Gasteiger partial charge in [-0.1, -0.05) is 17.7 Å². The lowest BCUT2D eigenvalue weighted by Gasteiger charge is -2.23. The number of carbonyl (C=O) groups is 2. The number of primary amides is 1. The first kappa shape index (κ1) is 22.5. The topological polar surface area (TPSA) is 119 Å². The van der Waals surface area contributed by atoms with Gasteiger partial charge in [0, 0.05) is 24.2 Å². The number of carbonyl (C=O) groups excluding carboxylic acids is 2. The van der Waals surface area contributed by atoms with Gasteiger partial charge >= 0.3 is 0 Å². The Morgan fingerprint density at radius 3 is 2.52 bits per heavy atom. The second-order valence-corrected chi connectivity index (χ2v) is 8.56. The number of rotatable bonds is 9. The van der Waals surface area contributed by atoms with E-state index in [1.807, 2.05) is 0 Å². The minimum atomic E-state index is -3.58. The van der Waals surface area contributed by atoms with E-state index in [9.17, 15) is 18.0 Å². The van der Waals surface area contributed by atoms with Crippen LogP contribution in [0.15, 0.2) is 42.5 Å². The molecular weight excluding hydrogens is 418 g/mol. The molecule has 3 N–H and O–H groups in total. The number of ether oxygens (including phenoxy) is 1. The number of nitrogens with one attached hydrogen (secondary N) is 1. The van der Waals surface area contributed by atoms with E-state index >= 15 is 0 Å². The fraction of sp³-hybridized carbons (Fsp3) is 0.263. The van der Waals surface area contributed by atoms with Crippen molar-refractivity contribution in [2.45, 2.75) is 12.8 Å². The van der Waals surface area contributed by atoms with Crippen molar-refractivity contribution in [2.75, 3.05) is 29.5 Å². The zero-order chi connectivity index (χ0) is 21.6. The molecule has 8 nitrogen and oxygen atoms in total. The van der Waals surface area contributed by atoms with Crippen LogP contribution in [0.25, 0.3) is 0 Å². The molecular formula is C19H22ClN3O5S. The highest BCUT2D eigenvalue weighted by Gasteiger charge is 2.19. The Morgan fingerprint density at radius 2 is 1.93 bits per heavy atom. The average Bonchev–Trinajstić information content (AvgIpc) is 2.64. The molecule has 10 heteroatoms. The van der Waals surface area contributed by atoms with Crippen LogP contribution < -0.4 is 20.1 Å². The number of hydrogen-bond acceptors (Lipinski definition) is 5. The quantitative estimate of drug-likeness (QED) is 0.622. The zero-order valence-electron chi connectivity index (χ0n) is 16.0. The van der Waals surface area contributed by atoms with Crippen molar-refractivity contribution in [1.29, 1.82) is 0 Å². The van der Waals surface area contributed by atoms with Crippen molar-refractivity contribution in [3.05, 3.63) is 53.1 Å². The van der Waals surface area contributed by atoms with Crippen LogP contribution in [-0.2, 0) is 14.8 Å². The summed E-state index contributed by atoms with van der Waals surface area (Å²) >= 11 is 6.09. The second-order valence-electron chi connectivity index (χ2n) is 6.25. The molecule has 2 rings (SSSR count). The molecule has 0 bridgehead atoms. The number of anilines is 2. The van der Waals surface area contributed by atoms with Crippen molar-refractivity contribution in [2.24, 2.45) is 5.73 Å². The first-order valence-corrected chi connectivity index (χ1v) is 10.9. The van der Waals surface area contributed by atoms with Crippen LogP contribution in [-0.4, -0.2) is 40.1 Å². The average molecular weight is 440 g/mol.